The summed E-state index contributed by atoms with van der Waals surface area (Å²) in [5.74, 6) is -0.117. The van der Waals surface area contributed by atoms with Gasteiger partial charge in [-0.15, -0.1) is 0 Å². The molecule has 1 fully saturated rings. The number of hydrogen-bond donors (Lipinski definition) is 2. The zero-order chi connectivity index (χ0) is 18.4. The maximum absolute atomic E-state index is 12.9. The molecule has 25 heavy (non-hydrogen) atoms. The van der Waals surface area contributed by atoms with Crippen molar-refractivity contribution in [3.05, 3.63) is 35.4 Å². The van der Waals surface area contributed by atoms with Crippen molar-refractivity contribution in [2.75, 3.05) is 26.2 Å². The smallest absolute Gasteiger partial charge is 0.352 e. The number of rotatable bonds is 5. The van der Waals surface area contributed by atoms with Crippen molar-refractivity contribution in [2.24, 2.45) is 0 Å². The fourth-order valence-corrected chi connectivity index (χ4v) is 3.07. The molecule has 0 radical (unpaired) electrons. The van der Waals surface area contributed by atoms with Gasteiger partial charge >= 0.3 is 16.4 Å². The molecule has 2 N–H and O–H groups in total. The SMILES string of the molecule is CC(=O)NCc1cccc(CNC(=O)N2CCN(S(=O)(=O)F)CC2)c1. The first-order valence-corrected chi connectivity index (χ1v) is 9.14. The molecule has 1 aromatic carbocycles. The van der Waals surface area contributed by atoms with Crippen molar-refractivity contribution >= 4 is 22.3 Å². The second-order valence-electron chi connectivity index (χ2n) is 5.72. The molecule has 0 atom stereocenters. The molecule has 1 heterocycles. The third-order valence-corrected chi connectivity index (χ3v) is 4.79. The minimum absolute atomic E-state index is 0.0571. The number of benzene rings is 1. The third kappa shape index (κ3) is 5.98. The summed E-state index contributed by atoms with van der Waals surface area (Å²) in [6.45, 7) is 2.31. The van der Waals surface area contributed by atoms with E-state index in [1.54, 1.807) is 0 Å². The molecule has 0 aliphatic carbocycles. The summed E-state index contributed by atoms with van der Waals surface area (Å²) in [5, 5.41) is 5.46. The predicted molar refractivity (Wildman–Crippen MR) is 89.4 cm³/mol. The third-order valence-electron chi connectivity index (χ3n) is 3.81. The Labute approximate surface area is 146 Å². The molecule has 0 bridgehead atoms. The second kappa shape index (κ2) is 8.26. The van der Waals surface area contributed by atoms with Gasteiger partial charge in [-0.05, 0) is 11.1 Å². The Bertz CT molecular complexity index is 733. The molecule has 0 spiro atoms. The molecule has 1 saturated heterocycles. The molecular weight excluding hydrogens is 351 g/mol. The Morgan fingerprint density at radius 1 is 1.08 bits per heavy atom. The van der Waals surface area contributed by atoms with E-state index in [-0.39, 0.29) is 38.1 Å². The Morgan fingerprint density at radius 3 is 2.16 bits per heavy atom. The fourth-order valence-electron chi connectivity index (χ4n) is 2.47. The van der Waals surface area contributed by atoms with E-state index in [2.05, 4.69) is 10.6 Å². The first-order valence-electron chi connectivity index (χ1n) is 7.80. The van der Waals surface area contributed by atoms with E-state index in [0.29, 0.717) is 17.4 Å². The van der Waals surface area contributed by atoms with Crippen LogP contribution < -0.4 is 10.6 Å². The Balaban J connectivity index is 1.82. The van der Waals surface area contributed by atoms with Gasteiger partial charge in [-0.2, -0.15) is 12.7 Å². The highest BCUT2D eigenvalue weighted by molar-refractivity contribution is 7.83. The number of urea groups is 1. The molecular formula is C15H21FN4O4S. The first-order chi connectivity index (χ1) is 11.8. The van der Waals surface area contributed by atoms with Crippen LogP contribution in [0.1, 0.15) is 18.1 Å². The molecule has 0 aromatic heterocycles. The van der Waals surface area contributed by atoms with Crippen molar-refractivity contribution in [3.8, 4) is 0 Å². The van der Waals surface area contributed by atoms with E-state index in [9.17, 15) is 21.9 Å². The van der Waals surface area contributed by atoms with Crippen LogP contribution in [0, 0.1) is 0 Å². The summed E-state index contributed by atoms with van der Waals surface area (Å²) in [6.07, 6.45) is 0. The van der Waals surface area contributed by atoms with Crippen LogP contribution in [0.4, 0.5) is 8.68 Å². The lowest BCUT2D eigenvalue weighted by Gasteiger charge is -2.32. The maximum atomic E-state index is 12.9. The monoisotopic (exact) mass is 372 g/mol. The van der Waals surface area contributed by atoms with E-state index < -0.39 is 10.4 Å². The summed E-state index contributed by atoms with van der Waals surface area (Å²) in [7, 11) is -4.70. The fraction of sp³-hybridized carbons (Fsp3) is 0.467. The van der Waals surface area contributed by atoms with Gasteiger partial charge in [0.25, 0.3) is 0 Å². The number of carbonyl (C=O) groups is 2. The quantitative estimate of drug-likeness (QED) is 0.729. The van der Waals surface area contributed by atoms with Crippen molar-refractivity contribution < 1.29 is 21.9 Å². The van der Waals surface area contributed by atoms with Crippen LogP contribution in [-0.2, 0) is 28.3 Å². The number of amides is 3. The highest BCUT2D eigenvalue weighted by Crippen LogP contribution is 2.09. The van der Waals surface area contributed by atoms with Crippen molar-refractivity contribution in [2.45, 2.75) is 20.0 Å². The van der Waals surface area contributed by atoms with E-state index in [0.717, 1.165) is 11.1 Å². The average Bonchev–Trinajstić information content (AvgIpc) is 2.57. The lowest BCUT2D eigenvalue weighted by Crippen LogP contribution is -2.52. The molecule has 1 aromatic rings. The summed E-state index contributed by atoms with van der Waals surface area (Å²) in [6, 6.07) is 7.11. The largest absolute Gasteiger partial charge is 0.374 e. The molecule has 3 amide bonds. The standard InChI is InChI=1S/C15H21FN4O4S/c1-12(21)17-10-13-3-2-4-14(9-13)11-18-15(22)19-5-7-20(8-6-19)25(16,23)24/h2-4,9H,5-8,10-11H2,1H3,(H,17,21)(H,18,22). The van der Waals surface area contributed by atoms with E-state index >= 15 is 0 Å². The van der Waals surface area contributed by atoms with Gasteiger partial charge in [0.05, 0.1) is 0 Å². The van der Waals surface area contributed by atoms with Crippen LogP contribution in [0.25, 0.3) is 0 Å². The van der Waals surface area contributed by atoms with Gasteiger partial charge in [0, 0.05) is 46.2 Å². The van der Waals surface area contributed by atoms with Crippen LogP contribution in [0.2, 0.25) is 0 Å². The summed E-state index contributed by atoms with van der Waals surface area (Å²) < 4.78 is 35.2. The number of carbonyl (C=O) groups excluding carboxylic acids is 2. The van der Waals surface area contributed by atoms with Gasteiger partial charge < -0.3 is 15.5 Å². The van der Waals surface area contributed by atoms with Crippen molar-refractivity contribution in [3.63, 3.8) is 0 Å². The zero-order valence-electron chi connectivity index (χ0n) is 13.9. The van der Waals surface area contributed by atoms with E-state index in [1.165, 1.54) is 11.8 Å². The number of nitrogens with one attached hydrogen (secondary N) is 2. The molecule has 10 heteroatoms. The van der Waals surface area contributed by atoms with Crippen LogP contribution in [0.15, 0.2) is 24.3 Å². The summed E-state index contributed by atoms with van der Waals surface area (Å²) in [5.41, 5.74) is 1.80. The lowest BCUT2D eigenvalue weighted by molar-refractivity contribution is -0.119. The maximum Gasteiger partial charge on any atom is 0.374 e. The van der Waals surface area contributed by atoms with Gasteiger partial charge in [-0.3, -0.25) is 4.79 Å². The number of halogens is 1. The van der Waals surface area contributed by atoms with Gasteiger partial charge in [0.2, 0.25) is 5.91 Å². The minimum Gasteiger partial charge on any atom is -0.352 e. The van der Waals surface area contributed by atoms with Crippen LogP contribution in [0.5, 0.6) is 0 Å². The highest BCUT2D eigenvalue weighted by atomic mass is 32.3. The number of nitrogens with zero attached hydrogens (tertiary/aromatic N) is 2. The average molecular weight is 372 g/mol. The molecule has 8 nitrogen and oxygen atoms in total. The molecule has 138 valence electrons. The predicted octanol–water partition coefficient (Wildman–Crippen LogP) is 0.364. The summed E-state index contributed by atoms with van der Waals surface area (Å²) >= 11 is 0. The first kappa shape index (κ1) is 19.1. The zero-order valence-corrected chi connectivity index (χ0v) is 14.7. The van der Waals surface area contributed by atoms with Gasteiger partial charge in [-0.25, -0.2) is 4.79 Å². The topological polar surface area (TPSA) is 98.8 Å². The Hall–Kier alpha value is -2.20. The Kier molecular flexibility index (Phi) is 6.32. The van der Waals surface area contributed by atoms with Crippen molar-refractivity contribution in [1.29, 1.82) is 0 Å². The van der Waals surface area contributed by atoms with Crippen LogP contribution >= 0.6 is 0 Å². The van der Waals surface area contributed by atoms with Gasteiger partial charge in [-0.1, -0.05) is 28.2 Å². The van der Waals surface area contributed by atoms with Crippen molar-refractivity contribution in [1.82, 2.24) is 19.8 Å². The van der Waals surface area contributed by atoms with E-state index in [1.807, 2.05) is 24.3 Å². The molecule has 0 saturated carbocycles. The Morgan fingerprint density at radius 2 is 1.64 bits per heavy atom. The number of piperazine rings is 1. The normalized spacial score (nSPS) is 15.7. The van der Waals surface area contributed by atoms with Crippen LogP contribution in [-0.4, -0.2) is 55.7 Å². The molecule has 0 unspecified atom stereocenters. The van der Waals surface area contributed by atoms with E-state index in [4.69, 9.17) is 0 Å². The van der Waals surface area contributed by atoms with Crippen LogP contribution in [0.3, 0.4) is 0 Å². The van der Waals surface area contributed by atoms with Gasteiger partial charge in [0.1, 0.15) is 0 Å². The molecule has 1 aliphatic rings. The van der Waals surface area contributed by atoms with Gasteiger partial charge in [0.15, 0.2) is 0 Å². The highest BCUT2D eigenvalue weighted by Gasteiger charge is 2.28. The lowest BCUT2D eigenvalue weighted by atomic mass is 10.1. The minimum atomic E-state index is -4.70. The molecule has 2 rings (SSSR count). The number of hydrogen-bond acceptors (Lipinski definition) is 4. The summed E-state index contributed by atoms with van der Waals surface area (Å²) in [4.78, 5) is 24.5. The second-order valence-corrected chi connectivity index (χ2v) is 7.06. The molecule has 1 aliphatic heterocycles.